The maximum absolute atomic E-state index is 12.4. The van der Waals surface area contributed by atoms with Crippen LogP contribution in [0.25, 0.3) is 0 Å². The second kappa shape index (κ2) is 9.93. The first-order valence-electron chi connectivity index (χ1n) is 9.06. The number of amides is 3. The molecule has 2 heterocycles. The van der Waals surface area contributed by atoms with Gasteiger partial charge in [-0.3, -0.25) is 14.4 Å². The van der Waals surface area contributed by atoms with E-state index in [9.17, 15) is 14.4 Å². The van der Waals surface area contributed by atoms with Gasteiger partial charge in [0.05, 0.1) is 17.2 Å². The molecule has 0 bridgehead atoms. The zero-order valence-corrected chi connectivity index (χ0v) is 18.3. The van der Waals surface area contributed by atoms with E-state index in [0.29, 0.717) is 37.6 Å². The van der Waals surface area contributed by atoms with Crippen molar-refractivity contribution in [2.75, 3.05) is 43.0 Å². The third-order valence-corrected chi connectivity index (χ3v) is 5.74. The number of nitrogens with one attached hydrogen (secondary N) is 1. The molecule has 3 amide bonds. The lowest BCUT2D eigenvalue weighted by Gasteiger charge is -2.34. The van der Waals surface area contributed by atoms with Gasteiger partial charge in [0, 0.05) is 42.4 Å². The molecular weight excluding hydrogens is 460 g/mol. The number of aromatic nitrogens is 1. The molecule has 1 aromatic heterocycles. The van der Waals surface area contributed by atoms with E-state index < -0.39 is 0 Å². The van der Waals surface area contributed by atoms with Crippen LogP contribution in [0.2, 0.25) is 0 Å². The van der Waals surface area contributed by atoms with Crippen LogP contribution in [0.1, 0.15) is 16.2 Å². The molecule has 10 heteroatoms. The molecule has 1 saturated heterocycles. The fourth-order valence-electron chi connectivity index (χ4n) is 2.86. The number of carbonyl (C=O) groups is 3. The monoisotopic (exact) mass is 480 g/mol. The summed E-state index contributed by atoms with van der Waals surface area (Å²) < 4.78 is 5.90. The normalized spacial score (nSPS) is 14.0. The van der Waals surface area contributed by atoms with Gasteiger partial charge in [-0.2, -0.15) is 0 Å². The smallest absolute Gasteiger partial charge is 0.292 e. The predicted octanol–water partition coefficient (Wildman–Crippen LogP) is 2.40. The average molecular weight is 481 g/mol. The number of hydrogen-bond acceptors (Lipinski definition) is 6. The molecule has 0 aliphatic carbocycles. The Morgan fingerprint density at radius 3 is 2.52 bits per heavy atom. The molecule has 8 nitrogen and oxygen atoms in total. The van der Waals surface area contributed by atoms with Gasteiger partial charge in [0.15, 0.2) is 0 Å². The first kappa shape index (κ1) is 21.4. The van der Waals surface area contributed by atoms with Crippen LogP contribution in [0.3, 0.4) is 0 Å². The minimum absolute atomic E-state index is 0.0344. The van der Waals surface area contributed by atoms with Crippen LogP contribution >= 0.6 is 27.7 Å². The second-order valence-electron chi connectivity index (χ2n) is 6.56. The molecule has 1 N–H and O–H groups in total. The van der Waals surface area contributed by atoms with Crippen LogP contribution in [0, 0.1) is 6.92 Å². The highest BCUT2D eigenvalue weighted by molar-refractivity contribution is 9.10. The molecule has 0 atom stereocenters. The van der Waals surface area contributed by atoms with Crippen LogP contribution in [-0.4, -0.2) is 70.4 Å². The molecule has 3 rings (SSSR count). The third-order valence-electron chi connectivity index (χ3n) is 4.33. The van der Waals surface area contributed by atoms with E-state index in [-0.39, 0.29) is 35.0 Å². The predicted molar refractivity (Wildman–Crippen MR) is 114 cm³/mol. The van der Waals surface area contributed by atoms with Gasteiger partial charge < -0.3 is 19.6 Å². The van der Waals surface area contributed by atoms with Crippen molar-refractivity contribution in [2.24, 2.45) is 0 Å². The van der Waals surface area contributed by atoms with Gasteiger partial charge in [0.25, 0.3) is 5.91 Å². The van der Waals surface area contributed by atoms with Crippen molar-refractivity contribution < 1.29 is 18.9 Å². The van der Waals surface area contributed by atoms with E-state index in [1.54, 1.807) is 28.9 Å². The van der Waals surface area contributed by atoms with E-state index in [0.717, 1.165) is 4.47 Å². The molecule has 1 fully saturated rings. The summed E-state index contributed by atoms with van der Waals surface area (Å²) in [6, 6.07) is 8.94. The molecule has 0 unspecified atom stereocenters. The average Bonchev–Trinajstić information content (AvgIpc) is 3.14. The van der Waals surface area contributed by atoms with Gasteiger partial charge in [-0.1, -0.05) is 27.2 Å². The van der Waals surface area contributed by atoms with Crippen molar-refractivity contribution in [3.05, 3.63) is 46.3 Å². The number of hydrogen-bond donors (Lipinski definition) is 1. The largest absolute Gasteiger partial charge is 0.351 e. The summed E-state index contributed by atoms with van der Waals surface area (Å²) in [5.74, 6) is 0.236. The molecule has 0 radical (unpaired) electrons. The first-order valence-corrected chi connectivity index (χ1v) is 11.0. The van der Waals surface area contributed by atoms with Crippen molar-refractivity contribution >= 4 is 51.1 Å². The number of piperazine rings is 1. The summed E-state index contributed by atoms with van der Waals surface area (Å²) >= 11 is 4.63. The van der Waals surface area contributed by atoms with Crippen LogP contribution in [-0.2, 0) is 9.59 Å². The Balaban J connectivity index is 1.37. The lowest BCUT2D eigenvalue weighted by Crippen LogP contribution is -2.51. The maximum Gasteiger partial charge on any atom is 0.292 e. The summed E-state index contributed by atoms with van der Waals surface area (Å²) in [7, 11) is 0. The standard InChI is InChI=1S/C19H21BrN4O4S/c1-13-9-16(28-22-13)19(27)24-7-5-23(6-8-24)18(26)12-29-11-17(25)21-15-4-2-3-14(20)10-15/h2-4,9-10H,5-8,11-12H2,1H3,(H,21,25). The minimum Gasteiger partial charge on any atom is -0.351 e. The van der Waals surface area contributed by atoms with Gasteiger partial charge in [-0.15, -0.1) is 11.8 Å². The summed E-state index contributed by atoms with van der Waals surface area (Å²) in [5, 5.41) is 6.53. The van der Waals surface area contributed by atoms with Gasteiger partial charge >= 0.3 is 0 Å². The highest BCUT2D eigenvalue weighted by Gasteiger charge is 2.26. The Morgan fingerprint density at radius 1 is 1.14 bits per heavy atom. The second-order valence-corrected chi connectivity index (χ2v) is 8.46. The Hall–Kier alpha value is -2.33. The van der Waals surface area contributed by atoms with E-state index in [1.165, 1.54) is 11.8 Å². The lowest BCUT2D eigenvalue weighted by atomic mass is 10.2. The highest BCUT2D eigenvalue weighted by atomic mass is 79.9. The Bertz CT molecular complexity index is 896. The maximum atomic E-state index is 12.4. The summed E-state index contributed by atoms with van der Waals surface area (Å²) in [4.78, 5) is 40.1. The molecule has 0 spiro atoms. The zero-order valence-electron chi connectivity index (χ0n) is 15.9. The number of rotatable bonds is 6. The van der Waals surface area contributed by atoms with Crippen molar-refractivity contribution in [1.82, 2.24) is 15.0 Å². The van der Waals surface area contributed by atoms with Crippen LogP contribution in [0.15, 0.2) is 39.3 Å². The topological polar surface area (TPSA) is 95.8 Å². The van der Waals surface area contributed by atoms with E-state index >= 15 is 0 Å². The number of halogens is 1. The lowest BCUT2D eigenvalue weighted by molar-refractivity contribution is -0.129. The zero-order chi connectivity index (χ0) is 20.8. The summed E-state index contributed by atoms with van der Waals surface area (Å²) in [6.45, 7) is 3.56. The fraction of sp³-hybridized carbons (Fsp3) is 0.368. The minimum atomic E-state index is -0.212. The molecule has 154 valence electrons. The van der Waals surface area contributed by atoms with Crippen LogP contribution < -0.4 is 5.32 Å². The SMILES string of the molecule is Cc1cc(C(=O)N2CCN(C(=O)CSCC(=O)Nc3cccc(Br)c3)CC2)on1. The Labute approximate surface area is 181 Å². The number of thioether (sulfide) groups is 1. The number of nitrogens with zero attached hydrogens (tertiary/aromatic N) is 3. The van der Waals surface area contributed by atoms with E-state index in [1.807, 2.05) is 18.2 Å². The fourth-order valence-corrected chi connectivity index (χ4v) is 3.98. The summed E-state index contributed by atoms with van der Waals surface area (Å²) in [5.41, 5.74) is 1.36. The first-order chi connectivity index (χ1) is 13.9. The third kappa shape index (κ3) is 6.07. The van der Waals surface area contributed by atoms with E-state index in [2.05, 4.69) is 26.4 Å². The van der Waals surface area contributed by atoms with Gasteiger partial charge in [-0.05, 0) is 25.1 Å². The van der Waals surface area contributed by atoms with Gasteiger partial charge in [0.1, 0.15) is 0 Å². The van der Waals surface area contributed by atoms with Crippen molar-refractivity contribution in [3.63, 3.8) is 0 Å². The van der Waals surface area contributed by atoms with E-state index in [4.69, 9.17) is 4.52 Å². The molecule has 0 saturated carbocycles. The quantitative estimate of drug-likeness (QED) is 0.681. The molecular formula is C19H21BrN4O4S. The Kier molecular flexibility index (Phi) is 7.32. The van der Waals surface area contributed by atoms with Crippen LogP contribution in [0.4, 0.5) is 5.69 Å². The molecule has 29 heavy (non-hydrogen) atoms. The number of carbonyl (C=O) groups excluding carboxylic acids is 3. The number of benzene rings is 1. The van der Waals surface area contributed by atoms with Gasteiger partial charge in [0.2, 0.25) is 17.6 Å². The van der Waals surface area contributed by atoms with Crippen molar-refractivity contribution in [2.45, 2.75) is 6.92 Å². The van der Waals surface area contributed by atoms with Crippen LogP contribution in [0.5, 0.6) is 0 Å². The van der Waals surface area contributed by atoms with Crippen molar-refractivity contribution in [1.29, 1.82) is 0 Å². The molecule has 2 aromatic rings. The van der Waals surface area contributed by atoms with Crippen molar-refractivity contribution in [3.8, 4) is 0 Å². The molecule has 1 aliphatic heterocycles. The molecule has 1 aromatic carbocycles. The Morgan fingerprint density at radius 2 is 1.86 bits per heavy atom. The molecule has 1 aliphatic rings. The number of anilines is 1. The van der Waals surface area contributed by atoms with Gasteiger partial charge in [-0.25, -0.2) is 0 Å². The highest BCUT2D eigenvalue weighted by Crippen LogP contribution is 2.16. The summed E-state index contributed by atoms with van der Waals surface area (Å²) in [6.07, 6.45) is 0. The number of aryl methyl sites for hydroxylation is 1.